The molecule has 0 spiro atoms. The number of aromatic nitrogens is 3. The largest absolute Gasteiger partial charge is 0.464 e. The van der Waals surface area contributed by atoms with Crippen molar-refractivity contribution >= 4 is 11.6 Å². The highest BCUT2D eigenvalue weighted by molar-refractivity contribution is 5.92. The fourth-order valence-corrected chi connectivity index (χ4v) is 3.43. The van der Waals surface area contributed by atoms with E-state index in [0.29, 0.717) is 18.8 Å². The molecule has 0 atom stereocenters. The quantitative estimate of drug-likeness (QED) is 0.424. The normalized spacial score (nSPS) is 14.4. The first kappa shape index (κ1) is 20.5. The lowest BCUT2D eigenvalue weighted by atomic mass is 10.2. The molecule has 10 nitrogen and oxygen atoms in total. The van der Waals surface area contributed by atoms with E-state index in [2.05, 4.69) is 15.0 Å². The molecule has 0 aliphatic carbocycles. The molecule has 0 saturated carbocycles. The molecule has 0 bridgehead atoms. The number of amides is 1. The highest BCUT2D eigenvalue weighted by Crippen LogP contribution is 2.26. The second-order valence-electron chi connectivity index (χ2n) is 7.17. The van der Waals surface area contributed by atoms with Crippen LogP contribution < -0.4 is 4.74 Å². The molecule has 1 aromatic carbocycles. The third kappa shape index (κ3) is 5.04. The first-order valence-electron chi connectivity index (χ1n) is 9.90. The molecule has 3 heterocycles. The van der Waals surface area contributed by atoms with Gasteiger partial charge in [-0.2, -0.15) is 5.10 Å². The van der Waals surface area contributed by atoms with E-state index in [0.717, 1.165) is 25.2 Å². The van der Waals surface area contributed by atoms with Crippen LogP contribution in [-0.2, 0) is 13.3 Å². The number of ether oxygens (including phenoxy) is 1. The molecule has 3 aromatic rings. The maximum atomic E-state index is 12.8. The van der Waals surface area contributed by atoms with Gasteiger partial charge in [0, 0.05) is 57.4 Å². The highest BCUT2D eigenvalue weighted by Gasteiger charge is 2.24. The Morgan fingerprint density at radius 1 is 1.10 bits per heavy atom. The van der Waals surface area contributed by atoms with Gasteiger partial charge in [0.05, 0.1) is 4.92 Å². The average molecular weight is 422 g/mol. The lowest BCUT2D eigenvalue weighted by Gasteiger charge is -2.34. The number of hydrogen-bond donors (Lipinski definition) is 0. The summed E-state index contributed by atoms with van der Waals surface area (Å²) in [5.41, 5.74) is 1.36. The predicted molar refractivity (Wildman–Crippen MR) is 111 cm³/mol. The van der Waals surface area contributed by atoms with Gasteiger partial charge in [-0.3, -0.25) is 24.8 Å². The number of carbonyl (C=O) groups excluding carboxylic acids is 1. The molecular formula is C21H22N6O4. The number of pyridine rings is 1. The van der Waals surface area contributed by atoms with Gasteiger partial charge in [-0.05, 0) is 23.8 Å². The first-order chi connectivity index (χ1) is 15.1. The number of benzene rings is 1. The van der Waals surface area contributed by atoms with Crippen molar-refractivity contribution in [2.24, 2.45) is 0 Å². The maximum Gasteiger partial charge on any atom is 0.311 e. The van der Waals surface area contributed by atoms with Crippen molar-refractivity contribution in [2.75, 3.05) is 26.2 Å². The number of piperazine rings is 1. The zero-order chi connectivity index (χ0) is 21.6. The summed E-state index contributed by atoms with van der Waals surface area (Å²) in [6.45, 7) is 3.59. The Bertz CT molecular complexity index is 1050. The Hall–Kier alpha value is -3.79. The summed E-state index contributed by atoms with van der Waals surface area (Å²) >= 11 is 0. The number of hydrogen-bond acceptors (Lipinski definition) is 7. The second kappa shape index (κ2) is 9.35. The van der Waals surface area contributed by atoms with Gasteiger partial charge in [0.25, 0.3) is 5.91 Å². The van der Waals surface area contributed by atoms with Crippen LogP contribution in [0.1, 0.15) is 16.1 Å². The molecule has 0 unspecified atom stereocenters. The molecule has 4 rings (SSSR count). The number of nitro benzene ring substituents is 1. The highest BCUT2D eigenvalue weighted by atomic mass is 16.6. The van der Waals surface area contributed by atoms with Crippen molar-refractivity contribution in [3.05, 3.63) is 82.4 Å². The van der Waals surface area contributed by atoms with Crippen molar-refractivity contribution in [3.63, 3.8) is 0 Å². The predicted octanol–water partition coefficient (Wildman–Crippen LogP) is 2.18. The van der Waals surface area contributed by atoms with Crippen LogP contribution in [0, 0.1) is 10.1 Å². The number of nitrogens with zero attached hydrogens (tertiary/aromatic N) is 6. The van der Waals surface area contributed by atoms with Gasteiger partial charge in [-0.25, -0.2) is 4.68 Å². The van der Waals surface area contributed by atoms with Crippen LogP contribution in [0.3, 0.4) is 0 Å². The second-order valence-corrected chi connectivity index (χ2v) is 7.17. The third-order valence-electron chi connectivity index (χ3n) is 5.06. The topological polar surface area (TPSA) is 107 Å². The molecular weight excluding hydrogens is 400 g/mol. The van der Waals surface area contributed by atoms with Crippen molar-refractivity contribution < 1.29 is 14.5 Å². The first-order valence-corrected chi connectivity index (χ1v) is 9.90. The van der Waals surface area contributed by atoms with Crippen molar-refractivity contribution in [1.29, 1.82) is 0 Å². The molecule has 2 aromatic heterocycles. The molecule has 160 valence electrons. The van der Waals surface area contributed by atoms with Gasteiger partial charge in [0.15, 0.2) is 18.2 Å². The number of rotatable bonds is 7. The van der Waals surface area contributed by atoms with E-state index in [1.165, 1.54) is 16.8 Å². The van der Waals surface area contributed by atoms with Crippen LogP contribution >= 0.6 is 0 Å². The molecule has 1 saturated heterocycles. The van der Waals surface area contributed by atoms with Gasteiger partial charge in [0.2, 0.25) is 0 Å². The molecule has 1 amide bonds. The van der Waals surface area contributed by atoms with E-state index in [1.54, 1.807) is 35.5 Å². The minimum absolute atomic E-state index is 0.0307. The van der Waals surface area contributed by atoms with Crippen LogP contribution in [0.15, 0.2) is 61.1 Å². The fraction of sp³-hybridized carbons (Fsp3) is 0.286. The average Bonchev–Trinajstić information content (AvgIpc) is 3.28. The maximum absolute atomic E-state index is 12.8. The minimum atomic E-state index is -0.499. The van der Waals surface area contributed by atoms with E-state index in [9.17, 15) is 14.9 Å². The van der Waals surface area contributed by atoms with Crippen LogP contribution in [0.2, 0.25) is 0 Å². The van der Waals surface area contributed by atoms with E-state index < -0.39 is 4.92 Å². The molecule has 1 aliphatic heterocycles. The van der Waals surface area contributed by atoms with Gasteiger partial charge in [-0.15, -0.1) is 0 Å². The summed E-state index contributed by atoms with van der Waals surface area (Å²) < 4.78 is 6.96. The lowest BCUT2D eigenvalue weighted by Crippen LogP contribution is -2.48. The molecule has 10 heteroatoms. The molecule has 0 N–H and O–H groups in total. The summed E-state index contributed by atoms with van der Waals surface area (Å²) in [4.78, 5) is 31.6. The molecule has 0 radical (unpaired) electrons. The zero-order valence-electron chi connectivity index (χ0n) is 16.8. The number of carbonyl (C=O) groups is 1. The fourth-order valence-electron chi connectivity index (χ4n) is 3.43. The lowest BCUT2D eigenvalue weighted by molar-refractivity contribution is -0.386. The summed E-state index contributed by atoms with van der Waals surface area (Å²) in [5, 5.41) is 15.3. The van der Waals surface area contributed by atoms with E-state index in [1.807, 2.05) is 18.3 Å². The smallest absolute Gasteiger partial charge is 0.311 e. The summed E-state index contributed by atoms with van der Waals surface area (Å²) in [6, 6.07) is 11.7. The minimum Gasteiger partial charge on any atom is -0.464 e. The van der Waals surface area contributed by atoms with Crippen LogP contribution in [0.4, 0.5) is 5.69 Å². The Labute approximate surface area is 178 Å². The standard InChI is InChI=1S/C21H22N6O4/c28-21(25-12-10-24(11-13-25)15-17-4-3-8-22-14-17)18-7-9-26(23-18)16-31-20-6-2-1-5-19(20)27(29)30/h1-9,14H,10-13,15-16H2. The monoisotopic (exact) mass is 422 g/mol. The van der Waals surface area contributed by atoms with Gasteiger partial charge in [-0.1, -0.05) is 18.2 Å². The van der Waals surface area contributed by atoms with Crippen LogP contribution in [0.25, 0.3) is 0 Å². The Balaban J connectivity index is 1.30. The third-order valence-corrected chi connectivity index (χ3v) is 5.06. The number of nitro groups is 1. The summed E-state index contributed by atoms with van der Waals surface area (Å²) in [6.07, 6.45) is 5.24. The van der Waals surface area contributed by atoms with Crippen molar-refractivity contribution in [1.82, 2.24) is 24.6 Å². The molecule has 1 aliphatic rings. The van der Waals surface area contributed by atoms with Crippen molar-refractivity contribution in [2.45, 2.75) is 13.3 Å². The van der Waals surface area contributed by atoms with E-state index in [4.69, 9.17) is 4.74 Å². The van der Waals surface area contributed by atoms with Crippen molar-refractivity contribution in [3.8, 4) is 5.75 Å². The summed E-state index contributed by atoms with van der Waals surface area (Å²) in [5.74, 6) is 0.0195. The molecule has 1 fully saturated rings. The Morgan fingerprint density at radius 2 is 1.90 bits per heavy atom. The SMILES string of the molecule is O=C(c1ccn(COc2ccccc2[N+](=O)[O-])n1)N1CCN(Cc2cccnc2)CC1. The van der Waals surface area contributed by atoms with Gasteiger partial charge >= 0.3 is 5.69 Å². The van der Waals surface area contributed by atoms with E-state index in [-0.39, 0.29) is 24.1 Å². The van der Waals surface area contributed by atoms with Crippen LogP contribution in [-0.4, -0.2) is 61.6 Å². The Kier molecular flexibility index (Phi) is 6.18. The Morgan fingerprint density at radius 3 is 2.65 bits per heavy atom. The zero-order valence-corrected chi connectivity index (χ0v) is 16.8. The summed E-state index contributed by atoms with van der Waals surface area (Å²) in [7, 11) is 0. The van der Waals surface area contributed by atoms with Gasteiger partial charge in [0.1, 0.15) is 0 Å². The molecule has 31 heavy (non-hydrogen) atoms. The number of para-hydroxylation sites is 2. The van der Waals surface area contributed by atoms with E-state index >= 15 is 0 Å². The van der Waals surface area contributed by atoms with Crippen LogP contribution in [0.5, 0.6) is 5.75 Å². The van der Waals surface area contributed by atoms with Gasteiger partial charge < -0.3 is 9.64 Å².